The second kappa shape index (κ2) is 2.11. The molecule has 1 heterocycles. The number of ether oxygens (including phenoxy) is 1. The van der Waals surface area contributed by atoms with Gasteiger partial charge in [0.2, 0.25) is 0 Å². The van der Waals surface area contributed by atoms with Gasteiger partial charge in [0.05, 0.1) is 11.0 Å². The Hall–Kier alpha value is -0.370. The first kappa shape index (κ1) is 9.72. The van der Waals surface area contributed by atoms with Crippen molar-refractivity contribution >= 4 is 5.78 Å². The van der Waals surface area contributed by atoms with Crippen LogP contribution >= 0.6 is 0 Å². The van der Waals surface area contributed by atoms with Gasteiger partial charge in [-0.2, -0.15) is 0 Å². The lowest BCUT2D eigenvalue weighted by molar-refractivity contribution is -0.133. The zero-order valence-corrected chi connectivity index (χ0v) is 8.82. The summed E-state index contributed by atoms with van der Waals surface area (Å²) < 4.78 is 5.71. The van der Waals surface area contributed by atoms with Crippen LogP contribution in [0.1, 0.15) is 41.5 Å². The summed E-state index contributed by atoms with van der Waals surface area (Å²) in [6.45, 7) is 11.5. The van der Waals surface area contributed by atoms with Crippen LogP contribution in [0, 0.1) is 5.41 Å². The quantitative estimate of drug-likeness (QED) is 0.557. The maximum Gasteiger partial charge on any atom is 0.172 e. The molecule has 1 aliphatic rings. The fraction of sp³-hybridized carbons (Fsp3) is 0.900. The van der Waals surface area contributed by atoms with Crippen LogP contribution in [0.25, 0.3) is 0 Å². The van der Waals surface area contributed by atoms with Crippen LogP contribution in [0.2, 0.25) is 0 Å². The van der Waals surface area contributed by atoms with Crippen molar-refractivity contribution in [2.45, 2.75) is 52.7 Å². The van der Waals surface area contributed by atoms with Crippen molar-refractivity contribution < 1.29 is 9.53 Å². The van der Waals surface area contributed by atoms with E-state index < -0.39 is 5.60 Å². The van der Waals surface area contributed by atoms with E-state index in [9.17, 15) is 4.79 Å². The molecule has 0 saturated carbocycles. The minimum atomic E-state index is -0.618. The predicted octanol–water partition coefficient (Wildman–Crippen LogP) is 2.17. The molecule has 2 heteroatoms. The third kappa shape index (κ3) is 1.01. The molecule has 1 saturated heterocycles. The van der Waals surface area contributed by atoms with E-state index in [1.165, 1.54) is 0 Å². The molecule has 0 bridgehead atoms. The fourth-order valence-corrected chi connectivity index (χ4v) is 1.84. The second-order valence-corrected chi connectivity index (χ2v) is 5.08. The Morgan fingerprint density at radius 2 is 1.42 bits per heavy atom. The molecule has 0 unspecified atom stereocenters. The number of hydrogen-bond donors (Lipinski definition) is 0. The molecule has 0 aliphatic carbocycles. The Labute approximate surface area is 74.3 Å². The molecular formula is C10H18O2. The van der Waals surface area contributed by atoms with Crippen LogP contribution < -0.4 is 0 Å². The van der Waals surface area contributed by atoms with Gasteiger partial charge in [-0.3, -0.25) is 4.79 Å². The zero-order valence-electron chi connectivity index (χ0n) is 8.82. The van der Waals surface area contributed by atoms with Crippen LogP contribution in [0.5, 0.6) is 0 Å². The molecule has 0 amide bonds. The van der Waals surface area contributed by atoms with Crippen molar-refractivity contribution in [1.82, 2.24) is 0 Å². The Kier molecular flexibility index (Phi) is 1.71. The predicted molar refractivity (Wildman–Crippen MR) is 48.0 cm³/mol. The smallest absolute Gasteiger partial charge is 0.172 e. The molecular weight excluding hydrogens is 152 g/mol. The van der Waals surface area contributed by atoms with Crippen LogP contribution in [0.3, 0.4) is 0 Å². The van der Waals surface area contributed by atoms with Crippen LogP contribution in [0.15, 0.2) is 0 Å². The van der Waals surface area contributed by atoms with Crippen molar-refractivity contribution in [3.63, 3.8) is 0 Å². The maximum atomic E-state index is 11.8. The van der Waals surface area contributed by atoms with Crippen molar-refractivity contribution in [2.24, 2.45) is 5.41 Å². The topological polar surface area (TPSA) is 26.3 Å². The Morgan fingerprint density at radius 1 is 1.00 bits per heavy atom. The minimum absolute atomic E-state index is 0.194. The highest BCUT2D eigenvalue weighted by Gasteiger charge is 2.58. The normalized spacial score (nSPS) is 30.7. The average Bonchev–Trinajstić information content (AvgIpc) is 1.90. The van der Waals surface area contributed by atoms with Gasteiger partial charge in [-0.1, -0.05) is 13.8 Å². The second-order valence-electron chi connectivity index (χ2n) is 5.08. The lowest BCUT2D eigenvalue weighted by atomic mass is 9.73. The van der Waals surface area contributed by atoms with E-state index in [0.29, 0.717) is 0 Å². The zero-order chi connectivity index (χ0) is 9.78. The summed E-state index contributed by atoms with van der Waals surface area (Å²) in [5, 5.41) is 0. The standard InChI is InChI=1S/C10H18O2/c1-8(2)7(11)9(3,4)12-10(8,5)6/h1-6H3. The molecule has 1 rings (SSSR count). The molecule has 2 nitrogen and oxygen atoms in total. The van der Waals surface area contributed by atoms with Gasteiger partial charge in [0.1, 0.15) is 5.60 Å². The van der Waals surface area contributed by atoms with E-state index in [4.69, 9.17) is 4.74 Å². The molecule has 70 valence electrons. The molecule has 0 spiro atoms. The largest absolute Gasteiger partial charge is 0.361 e. The van der Waals surface area contributed by atoms with Crippen molar-refractivity contribution in [2.75, 3.05) is 0 Å². The van der Waals surface area contributed by atoms with Gasteiger partial charge in [0.25, 0.3) is 0 Å². The molecule has 0 radical (unpaired) electrons. The van der Waals surface area contributed by atoms with E-state index in [2.05, 4.69) is 0 Å². The van der Waals surface area contributed by atoms with Gasteiger partial charge in [0.15, 0.2) is 5.78 Å². The van der Waals surface area contributed by atoms with Crippen LogP contribution in [-0.4, -0.2) is 17.0 Å². The lowest BCUT2D eigenvalue weighted by Gasteiger charge is -2.31. The van der Waals surface area contributed by atoms with E-state index in [-0.39, 0.29) is 16.8 Å². The Bertz CT molecular complexity index is 224. The molecule has 0 aromatic carbocycles. The molecule has 0 aromatic rings. The molecule has 12 heavy (non-hydrogen) atoms. The van der Waals surface area contributed by atoms with Gasteiger partial charge < -0.3 is 4.74 Å². The van der Waals surface area contributed by atoms with Crippen molar-refractivity contribution in [1.29, 1.82) is 0 Å². The first-order valence-corrected chi connectivity index (χ1v) is 4.36. The summed E-state index contributed by atoms with van der Waals surface area (Å²) in [5.74, 6) is 0.194. The average molecular weight is 170 g/mol. The van der Waals surface area contributed by atoms with E-state index in [0.717, 1.165) is 0 Å². The van der Waals surface area contributed by atoms with Crippen molar-refractivity contribution in [3.05, 3.63) is 0 Å². The number of rotatable bonds is 0. The van der Waals surface area contributed by atoms with E-state index in [1.807, 2.05) is 41.5 Å². The van der Waals surface area contributed by atoms with Gasteiger partial charge in [0, 0.05) is 0 Å². The summed E-state index contributed by atoms with van der Waals surface area (Å²) in [6.07, 6.45) is 0. The third-order valence-corrected chi connectivity index (χ3v) is 3.13. The van der Waals surface area contributed by atoms with Crippen molar-refractivity contribution in [3.8, 4) is 0 Å². The molecule has 0 N–H and O–H groups in total. The summed E-state index contributed by atoms with van der Waals surface area (Å²) in [7, 11) is 0. The van der Waals surface area contributed by atoms with Crippen LogP contribution in [0.4, 0.5) is 0 Å². The highest BCUT2D eigenvalue weighted by atomic mass is 16.5. The Balaban J connectivity index is 3.14. The Morgan fingerprint density at radius 3 is 1.50 bits per heavy atom. The van der Waals surface area contributed by atoms with Gasteiger partial charge in [-0.15, -0.1) is 0 Å². The number of Topliss-reactive ketones (excluding diaryl/α,β-unsaturated/α-hetero) is 1. The lowest BCUT2D eigenvalue weighted by Crippen LogP contribution is -2.39. The summed E-state index contributed by atoms with van der Waals surface area (Å²) >= 11 is 0. The molecule has 1 aliphatic heterocycles. The van der Waals surface area contributed by atoms with Crippen LogP contribution in [-0.2, 0) is 9.53 Å². The number of hydrogen-bond acceptors (Lipinski definition) is 2. The molecule has 0 atom stereocenters. The fourth-order valence-electron chi connectivity index (χ4n) is 1.84. The summed E-state index contributed by atoms with van der Waals surface area (Å²) in [6, 6.07) is 0. The van der Waals surface area contributed by atoms with Gasteiger partial charge in [-0.05, 0) is 27.7 Å². The third-order valence-electron chi connectivity index (χ3n) is 3.13. The van der Waals surface area contributed by atoms with E-state index in [1.54, 1.807) is 0 Å². The number of carbonyl (C=O) groups is 1. The van der Waals surface area contributed by atoms with E-state index >= 15 is 0 Å². The highest BCUT2D eigenvalue weighted by molar-refractivity contribution is 5.94. The summed E-state index contributed by atoms with van der Waals surface area (Å²) in [4.78, 5) is 11.8. The highest BCUT2D eigenvalue weighted by Crippen LogP contribution is 2.47. The first-order chi connectivity index (χ1) is 5.11. The maximum absolute atomic E-state index is 11.8. The first-order valence-electron chi connectivity index (χ1n) is 4.36. The number of carbonyl (C=O) groups excluding carboxylic acids is 1. The SMILES string of the molecule is CC1(C)OC(C)(C)C(C)(C)C1=O. The minimum Gasteiger partial charge on any atom is -0.361 e. The molecule has 1 fully saturated rings. The summed E-state index contributed by atoms with van der Waals surface area (Å²) in [5.41, 5.74) is -1.35. The van der Waals surface area contributed by atoms with Gasteiger partial charge in [-0.25, -0.2) is 0 Å². The number of ketones is 1. The molecule has 0 aromatic heterocycles. The monoisotopic (exact) mass is 170 g/mol. The van der Waals surface area contributed by atoms with Gasteiger partial charge >= 0.3 is 0 Å².